The molecular weight excluding hydrogens is 338 g/mol. The highest BCUT2D eigenvalue weighted by atomic mass is 16.2. The Hall–Kier alpha value is -3.41. The number of H-pyrrole nitrogens is 1. The number of fused-ring (bicyclic) bond motifs is 1. The lowest BCUT2D eigenvalue weighted by atomic mass is 10.0. The predicted octanol–water partition coefficient (Wildman–Crippen LogP) is 3.36. The maximum Gasteiger partial charge on any atom is 0.242 e. The van der Waals surface area contributed by atoms with Gasteiger partial charge >= 0.3 is 0 Å². The lowest BCUT2D eigenvalue weighted by Crippen LogP contribution is -2.27. The van der Waals surface area contributed by atoms with E-state index in [0.717, 1.165) is 22.3 Å². The van der Waals surface area contributed by atoms with Crippen LogP contribution < -0.4 is 5.32 Å². The highest BCUT2D eigenvalue weighted by molar-refractivity contribution is 5.93. The molecule has 0 fully saturated rings. The van der Waals surface area contributed by atoms with Crippen molar-refractivity contribution >= 4 is 16.8 Å². The number of carbonyl (C=O) groups is 1. The molecule has 6 nitrogen and oxygen atoms in total. The molecule has 6 heteroatoms. The molecule has 136 valence electrons. The first-order chi connectivity index (χ1) is 13.1. The zero-order valence-corrected chi connectivity index (χ0v) is 15.4. The Kier molecular flexibility index (Phi) is 4.46. The molecule has 0 atom stereocenters. The lowest BCUT2D eigenvalue weighted by molar-refractivity contribution is -0.122. The molecule has 0 saturated carbocycles. The molecule has 4 rings (SSSR count). The number of carbonyl (C=O) groups excluding carboxylic acids is 1. The van der Waals surface area contributed by atoms with Gasteiger partial charge in [0.2, 0.25) is 5.91 Å². The SMILES string of the molecule is Cc1cc(CNC(=O)Cn2cncn2)c2[nH]c(-c3ccccc3)c(C)c2c1. The minimum Gasteiger partial charge on any atom is -0.354 e. The molecule has 0 aliphatic heterocycles. The van der Waals surface area contributed by atoms with Crippen LogP contribution in [0.2, 0.25) is 0 Å². The van der Waals surface area contributed by atoms with Crippen molar-refractivity contribution in [2.24, 2.45) is 0 Å². The lowest BCUT2D eigenvalue weighted by Gasteiger charge is -2.08. The van der Waals surface area contributed by atoms with Crippen molar-refractivity contribution in [3.63, 3.8) is 0 Å². The molecule has 0 bridgehead atoms. The highest BCUT2D eigenvalue weighted by Crippen LogP contribution is 2.32. The Bertz CT molecular complexity index is 1080. The van der Waals surface area contributed by atoms with Gasteiger partial charge in [-0.2, -0.15) is 5.10 Å². The van der Waals surface area contributed by atoms with E-state index in [1.165, 1.54) is 33.8 Å². The minimum absolute atomic E-state index is 0.0956. The van der Waals surface area contributed by atoms with E-state index < -0.39 is 0 Å². The van der Waals surface area contributed by atoms with Gasteiger partial charge in [-0.3, -0.25) is 4.79 Å². The van der Waals surface area contributed by atoms with Gasteiger partial charge in [0.1, 0.15) is 19.2 Å². The number of benzene rings is 2. The Morgan fingerprint density at radius 2 is 2.00 bits per heavy atom. The van der Waals surface area contributed by atoms with Crippen LogP contribution in [0.15, 0.2) is 55.1 Å². The Balaban J connectivity index is 1.63. The van der Waals surface area contributed by atoms with Gasteiger partial charge in [-0.1, -0.05) is 42.0 Å². The van der Waals surface area contributed by atoms with Gasteiger partial charge in [0.25, 0.3) is 0 Å². The molecule has 0 saturated heterocycles. The second kappa shape index (κ2) is 7.07. The third-order valence-corrected chi connectivity index (χ3v) is 4.70. The van der Waals surface area contributed by atoms with Crippen LogP contribution >= 0.6 is 0 Å². The fourth-order valence-corrected chi connectivity index (χ4v) is 3.40. The van der Waals surface area contributed by atoms with Gasteiger partial charge in [-0.15, -0.1) is 0 Å². The van der Waals surface area contributed by atoms with Crippen molar-refractivity contribution in [1.29, 1.82) is 0 Å². The standard InChI is InChI=1S/C21H21N5O/c1-14-8-17(10-23-19(27)11-26-13-22-12-24-26)21-18(9-14)15(2)20(25-21)16-6-4-3-5-7-16/h3-9,12-13,25H,10-11H2,1-2H3,(H,23,27). The van der Waals surface area contributed by atoms with E-state index in [0.29, 0.717) is 6.54 Å². The number of aromatic nitrogens is 4. The van der Waals surface area contributed by atoms with Gasteiger partial charge in [-0.05, 0) is 36.6 Å². The number of rotatable bonds is 5. The molecule has 2 aromatic carbocycles. The Labute approximate surface area is 157 Å². The van der Waals surface area contributed by atoms with Gasteiger partial charge in [0.05, 0.1) is 5.52 Å². The summed E-state index contributed by atoms with van der Waals surface area (Å²) >= 11 is 0. The van der Waals surface area contributed by atoms with E-state index >= 15 is 0 Å². The predicted molar refractivity (Wildman–Crippen MR) is 105 cm³/mol. The molecular formula is C21H21N5O. The quantitative estimate of drug-likeness (QED) is 0.574. The molecule has 4 aromatic rings. The van der Waals surface area contributed by atoms with E-state index in [1.807, 2.05) is 18.2 Å². The summed E-state index contributed by atoms with van der Waals surface area (Å²) in [5.74, 6) is -0.0956. The summed E-state index contributed by atoms with van der Waals surface area (Å²) in [7, 11) is 0. The van der Waals surface area contributed by atoms with Gasteiger partial charge in [0.15, 0.2) is 0 Å². The molecule has 27 heavy (non-hydrogen) atoms. The second-order valence-electron chi connectivity index (χ2n) is 6.71. The average Bonchev–Trinajstić information content (AvgIpc) is 3.29. The summed E-state index contributed by atoms with van der Waals surface area (Å²) in [4.78, 5) is 19.6. The number of hydrogen-bond donors (Lipinski definition) is 2. The Morgan fingerprint density at radius 3 is 2.74 bits per heavy atom. The second-order valence-corrected chi connectivity index (χ2v) is 6.71. The van der Waals surface area contributed by atoms with Crippen molar-refractivity contribution in [3.05, 3.63) is 71.8 Å². The van der Waals surface area contributed by atoms with E-state index in [9.17, 15) is 4.79 Å². The van der Waals surface area contributed by atoms with Crippen LogP contribution in [0, 0.1) is 13.8 Å². The molecule has 0 aliphatic rings. The summed E-state index contributed by atoms with van der Waals surface area (Å²) < 4.78 is 1.51. The number of nitrogens with one attached hydrogen (secondary N) is 2. The van der Waals surface area contributed by atoms with Crippen molar-refractivity contribution < 1.29 is 4.79 Å². The highest BCUT2D eigenvalue weighted by Gasteiger charge is 2.14. The van der Waals surface area contributed by atoms with Crippen LogP contribution in [0.25, 0.3) is 22.2 Å². The molecule has 0 spiro atoms. The number of nitrogens with zero attached hydrogens (tertiary/aromatic N) is 3. The minimum atomic E-state index is -0.0956. The van der Waals surface area contributed by atoms with E-state index in [4.69, 9.17) is 0 Å². The summed E-state index contributed by atoms with van der Waals surface area (Å²) in [6.07, 6.45) is 2.95. The summed E-state index contributed by atoms with van der Waals surface area (Å²) in [6.45, 7) is 4.83. The van der Waals surface area contributed by atoms with Crippen LogP contribution in [-0.2, 0) is 17.9 Å². The van der Waals surface area contributed by atoms with Crippen LogP contribution in [0.1, 0.15) is 16.7 Å². The molecule has 0 unspecified atom stereocenters. The molecule has 2 N–H and O–H groups in total. The first-order valence-corrected chi connectivity index (χ1v) is 8.88. The normalized spacial score (nSPS) is 11.0. The van der Waals surface area contributed by atoms with Gasteiger partial charge in [-0.25, -0.2) is 9.67 Å². The number of amides is 1. The monoisotopic (exact) mass is 359 g/mol. The molecule has 0 aliphatic carbocycles. The molecule has 2 aromatic heterocycles. The third-order valence-electron chi connectivity index (χ3n) is 4.70. The molecule has 0 radical (unpaired) electrons. The number of hydrogen-bond acceptors (Lipinski definition) is 3. The van der Waals surface area contributed by atoms with Crippen molar-refractivity contribution in [3.8, 4) is 11.3 Å². The van der Waals surface area contributed by atoms with Crippen LogP contribution in [0.4, 0.5) is 0 Å². The first kappa shape index (κ1) is 17.0. The fourth-order valence-electron chi connectivity index (χ4n) is 3.40. The zero-order valence-electron chi connectivity index (χ0n) is 15.4. The van der Waals surface area contributed by atoms with Crippen LogP contribution in [-0.4, -0.2) is 25.7 Å². The zero-order chi connectivity index (χ0) is 18.8. The average molecular weight is 359 g/mol. The van der Waals surface area contributed by atoms with Crippen molar-refractivity contribution in [2.45, 2.75) is 26.9 Å². The maximum atomic E-state index is 12.2. The topological polar surface area (TPSA) is 75.6 Å². The van der Waals surface area contributed by atoms with E-state index in [1.54, 1.807) is 0 Å². The Morgan fingerprint density at radius 1 is 1.19 bits per heavy atom. The maximum absolute atomic E-state index is 12.2. The number of aryl methyl sites for hydroxylation is 2. The van der Waals surface area contributed by atoms with Gasteiger partial charge < -0.3 is 10.3 Å². The number of aromatic amines is 1. The third kappa shape index (κ3) is 3.46. The smallest absolute Gasteiger partial charge is 0.242 e. The molecule has 1 amide bonds. The summed E-state index contributed by atoms with van der Waals surface area (Å²) in [6, 6.07) is 14.6. The van der Waals surface area contributed by atoms with Crippen LogP contribution in [0.3, 0.4) is 0 Å². The van der Waals surface area contributed by atoms with Gasteiger partial charge in [0, 0.05) is 17.6 Å². The van der Waals surface area contributed by atoms with Crippen molar-refractivity contribution in [2.75, 3.05) is 0 Å². The fraction of sp³-hybridized carbons (Fsp3) is 0.190. The van der Waals surface area contributed by atoms with E-state index in [-0.39, 0.29) is 12.5 Å². The largest absolute Gasteiger partial charge is 0.354 e. The van der Waals surface area contributed by atoms with Crippen molar-refractivity contribution in [1.82, 2.24) is 25.1 Å². The molecule has 2 heterocycles. The summed E-state index contributed by atoms with van der Waals surface area (Å²) in [5.41, 5.74) is 6.80. The van der Waals surface area contributed by atoms with Crippen LogP contribution in [0.5, 0.6) is 0 Å². The summed E-state index contributed by atoms with van der Waals surface area (Å²) in [5, 5.41) is 8.13. The van der Waals surface area contributed by atoms with E-state index in [2.05, 4.69) is 58.5 Å². The first-order valence-electron chi connectivity index (χ1n) is 8.88.